The van der Waals surface area contributed by atoms with E-state index in [1.54, 1.807) is 11.3 Å². The highest BCUT2D eigenvalue weighted by atomic mass is 32.1. The van der Waals surface area contributed by atoms with E-state index >= 15 is 0 Å². The number of hydrogen-bond acceptors (Lipinski definition) is 3. The van der Waals surface area contributed by atoms with Crippen molar-refractivity contribution < 1.29 is 0 Å². The van der Waals surface area contributed by atoms with Gasteiger partial charge in [-0.3, -0.25) is 4.90 Å². The van der Waals surface area contributed by atoms with Gasteiger partial charge in [0.05, 0.1) is 5.01 Å². The molecule has 1 fully saturated rings. The minimum atomic E-state index is 0.660. The summed E-state index contributed by atoms with van der Waals surface area (Å²) in [5.74, 6) is 0.660. The molecule has 1 aliphatic heterocycles. The third-order valence-corrected chi connectivity index (χ3v) is 4.48. The van der Waals surface area contributed by atoms with E-state index in [0.717, 1.165) is 6.54 Å². The molecule has 1 aromatic carbocycles. The predicted molar refractivity (Wildman–Crippen MR) is 74.6 cm³/mol. The molecule has 2 heterocycles. The summed E-state index contributed by atoms with van der Waals surface area (Å²) in [5.41, 5.74) is 1.42. The van der Waals surface area contributed by atoms with Crippen LogP contribution in [0.15, 0.2) is 35.7 Å². The summed E-state index contributed by atoms with van der Waals surface area (Å²) < 4.78 is 0. The lowest BCUT2D eigenvalue weighted by Gasteiger charge is -2.31. The molecule has 0 aliphatic carbocycles. The molecule has 2 nitrogen and oxygen atoms in total. The van der Waals surface area contributed by atoms with E-state index in [1.807, 2.05) is 5.38 Å². The van der Waals surface area contributed by atoms with Crippen LogP contribution in [-0.4, -0.2) is 23.0 Å². The molecular formula is C15H17N2S. The van der Waals surface area contributed by atoms with Crippen LogP contribution < -0.4 is 0 Å². The number of aromatic nitrogens is 1. The summed E-state index contributed by atoms with van der Waals surface area (Å²) in [7, 11) is 0. The minimum absolute atomic E-state index is 0.660. The molecule has 0 N–H and O–H groups in total. The lowest BCUT2D eigenvalue weighted by Crippen LogP contribution is -2.32. The van der Waals surface area contributed by atoms with Crippen molar-refractivity contribution in [3.63, 3.8) is 0 Å². The molecule has 0 unspecified atom stereocenters. The Morgan fingerprint density at radius 2 is 2.00 bits per heavy atom. The Bertz CT molecular complexity index is 459. The Hall–Kier alpha value is -1.19. The number of hydrogen-bond donors (Lipinski definition) is 0. The monoisotopic (exact) mass is 257 g/mol. The number of rotatable bonds is 3. The van der Waals surface area contributed by atoms with Gasteiger partial charge >= 0.3 is 0 Å². The first-order valence-corrected chi connectivity index (χ1v) is 7.37. The molecule has 0 spiro atoms. The summed E-state index contributed by atoms with van der Waals surface area (Å²) >= 11 is 1.75. The van der Waals surface area contributed by atoms with E-state index in [-0.39, 0.29) is 0 Å². The molecule has 0 amide bonds. The highest BCUT2D eigenvalue weighted by Gasteiger charge is 2.22. The third-order valence-electron chi connectivity index (χ3n) is 3.59. The smallest absolute Gasteiger partial charge is 0.101 e. The van der Waals surface area contributed by atoms with Crippen molar-refractivity contribution in [3.05, 3.63) is 52.5 Å². The van der Waals surface area contributed by atoms with Gasteiger partial charge in [-0.1, -0.05) is 30.3 Å². The summed E-state index contributed by atoms with van der Waals surface area (Å²) in [6.45, 7) is 3.44. The van der Waals surface area contributed by atoms with Crippen molar-refractivity contribution in [3.8, 4) is 0 Å². The van der Waals surface area contributed by atoms with Gasteiger partial charge in [0.1, 0.15) is 6.20 Å². The zero-order valence-corrected chi connectivity index (χ0v) is 11.2. The minimum Gasteiger partial charge on any atom is -0.299 e. The Labute approximate surface area is 112 Å². The van der Waals surface area contributed by atoms with Gasteiger partial charge in [0.2, 0.25) is 0 Å². The molecule has 18 heavy (non-hydrogen) atoms. The average Bonchev–Trinajstić information content (AvgIpc) is 2.95. The van der Waals surface area contributed by atoms with Crippen LogP contribution in [0.5, 0.6) is 0 Å². The van der Waals surface area contributed by atoms with E-state index < -0.39 is 0 Å². The van der Waals surface area contributed by atoms with Gasteiger partial charge < -0.3 is 0 Å². The second kappa shape index (κ2) is 5.63. The van der Waals surface area contributed by atoms with Crippen LogP contribution in [0.25, 0.3) is 0 Å². The summed E-state index contributed by atoms with van der Waals surface area (Å²) in [5, 5.41) is 3.24. The van der Waals surface area contributed by atoms with E-state index in [0.29, 0.717) is 5.92 Å². The van der Waals surface area contributed by atoms with Gasteiger partial charge in [0.25, 0.3) is 0 Å². The van der Waals surface area contributed by atoms with Crippen LogP contribution in [0.3, 0.4) is 0 Å². The number of thiazole rings is 1. The van der Waals surface area contributed by atoms with Crippen LogP contribution >= 0.6 is 11.3 Å². The quantitative estimate of drug-likeness (QED) is 0.838. The van der Waals surface area contributed by atoms with Gasteiger partial charge in [0, 0.05) is 17.8 Å². The number of piperidine rings is 1. The number of likely N-dealkylation sites (tertiary alicyclic amines) is 1. The standard InChI is InChI=1S/C15H17N2S/c1-2-4-13(5-3-1)12-17-9-6-14(7-10-17)15-16-8-11-18-15/h1-5,11,14H,6-7,9-10,12H2. The maximum Gasteiger partial charge on any atom is 0.101 e. The molecule has 0 bridgehead atoms. The lowest BCUT2D eigenvalue weighted by molar-refractivity contribution is 0.204. The molecule has 1 aliphatic rings. The SMILES string of the molecule is [c]1csc(C2CCN(Cc3ccccc3)CC2)n1. The van der Waals surface area contributed by atoms with Gasteiger partial charge in [-0.25, -0.2) is 4.98 Å². The first kappa shape index (κ1) is 11.9. The number of nitrogens with zero attached hydrogens (tertiary/aromatic N) is 2. The summed E-state index contributed by atoms with van der Waals surface area (Å²) in [4.78, 5) is 6.87. The van der Waals surface area contributed by atoms with Crippen molar-refractivity contribution in [2.45, 2.75) is 25.3 Å². The third kappa shape index (κ3) is 2.79. The predicted octanol–water partition coefficient (Wildman–Crippen LogP) is 3.32. The molecule has 3 rings (SSSR count). The van der Waals surface area contributed by atoms with Crippen LogP contribution in [-0.2, 0) is 6.54 Å². The van der Waals surface area contributed by atoms with Gasteiger partial charge in [0.15, 0.2) is 0 Å². The second-order valence-corrected chi connectivity index (χ2v) is 5.74. The Balaban J connectivity index is 1.54. The molecule has 0 saturated carbocycles. The maximum absolute atomic E-state index is 4.32. The first-order chi connectivity index (χ1) is 8.92. The highest BCUT2D eigenvalue weighted by molar-refractivity contribution is 7.09. The molecular weight excluding hydrogens is 240 g/mol. The fourth-order valence-electron chi connectivity index (χ4n) is 2.57. The van der Waals surface area contributed by atoms with E-state index in [4.69, 9.17) is 0 Å². The molecule has 0 atom stereocenters. The van der Waals surface area contributed by atoms with E-state index in [9.17, 15) is 0 Å². The van der Waals surface area contributed by atoms with E-state index in [1.165, 1.54) is 36.5 Å². The fraction of sp³-hybridized carbons (Fsp3) is 0.400. The van der Waals surface area contributed by atoms with Crippen molar-refractivity contribution in [1.82, 2.24) is 9.88 Å². The molecule has 93 valence electrons. The first-order valence-electron chi connectivity index (χ1n) is 6.49. The zero-order chi connectivity index (χ0) is 12.2. The fourth-order valence-corrected chi connectivity index (χ4v) is 3.33. The molecule has 1 radical (unpaired) electrons. The Morgan fingerprint density at radius 3 is 2.67 bits per heavy atom. The average molecular weight is 257 g/mol. The number of benzene rings is 1. The normalized spacial score (nSPS) is 18.0. The molecule has 2 aromatic rings. The Morgan fingerprint density at radius 1 is 1.22 bits per heavy atom. The lowest BCUT2D eigenvalue weighted by atomic mass is 9.97. The maximum atomic E-state index is 4.32. The largest absolute Gasteiger partial charge is 0.299 e. The topological polar surface area (TPSA) is 16.1 Å². The van der Waals surface area contributed by atoms with Crippen LogP contribution in [0, 0.1) is 6.20 Å². The van der Waals surface area contributed by atoms with Crippen LogP contribution in [0.1, 0.15) is 29.3 Å². The van der Waals surface area contributed by atoms with Gasteiger partial charge in [-0.2, -0.15) is 0 Å². The van der Waals surface area contributed by atoms with E-state index in [2.05, 4.69) is 46.4 Å². The summed E-state index contributed by atoms with van der Waals surface area (Å²) in [6.07, 6.45) is 5.39. The van der Waals surface area contributed by atoms with Crippen molar-refractivity contribution >= 4 is 11.3 Å². The van der Waals surface area contributed by atoms with Gasteiger partial charge in [-0.05, 0) is 31.5 Å². The Kier molecular flexibility index (Phi) is 3.72. The zero-order valence-electron chi connectivity index (χ0n) is 10.4. The van der Waals surface area contributed by atoms with Crippen molar-refractivity contribution in [2.75, 3.05) is 13.1 Å². The second-order valence-electron chi connectivity index (χ2n) is 4.85. The van der Waals surface area contributed by atoms with Crippen LogP contribution in [0.4, 0.5) is 0 Å². The molecule has 3 heteroatoms. The van der Waals surface area contributed by atoms with Crippen molar-refractivity contribution in [2.24, 2.45) is 0 Å². The molecule has 1 saturated heterocycles. The van der Waals surface area contributed by atoms with Gasteiger partial charge in [-0.15, -0.1) is 11.3 Å². The highest BCUT2D eigenvalue weighted by Crippen LogP contribution is 2.29. The van der Waals surface area contributed by atoms with Crippen molar-refractivity contribution in [1.29, 1.82) is 0 Å². The molecule has 1 aromatic heterocycles. The summed E-state index contributed by atoms with van der Waals surface area (Å²) in [6, 6.07) is 10.7. The van der Waals surface area contributed by atoms with Crippen LogP contribution in [0.2, 0.25) is 0 Å².